The van der Waals surface area contributed by atoms with Crippen LogP contribution < -0.4 is 14.8 Å². The number of hydrogen-bond acceptors (Lipinski definition) is 4. The normalized spacial score (nSPS) is 13.8. The van der Waals surface area contributed by atoms with E-state index in [0.29, 0.717) is 13.0 Å². The summed E-state index contributed by atoms with van der Waals surface area (Å²) in [4.78, 5) is 14.4. The molecule has 0 spiro atoms. The van der Waals surface area contributed by atoms with Crippen molar-refractivity contribution in [2.24, 2.45) is 0 Å². The van der Waals surface area contributed by atoms with Gasteiger partial charge in [0, 0.05) is 6.54 Å². The number of nitrogens with zero attached hydrogens (tertiary/aromatic N) is 1. The van der Waals surface area contributed by atoms with Crippen LogP contribution in [0.4, 0.5) is 4.39 Å². The van der Waals surface area contributed by atoms with Gasteiger partial charge in [-0.25, -0.2) is 4.39 Å². The molecule has 132 valence electrons. The van der Waals surface area contributed by atoms with Crippen molar-refractivity contribution in [2.75, 3.05) is 27.4 Å². The molecule has 6 heteroatoms. The van der Waals surface area contributed by atoms with Crippen LogP contribution in [0.5, 0.6) is 11.5 Å². The van der Waals surface area contributed by atoms with Crippen molar-refractivity contribution in [1.29, 1.82) is 0 Å². The molecule has 0 radical (unpaired) electrons. The molecule has 1 atom stereocenters. The molecule has 0 bridgehead atoms. The highest BCUT2D eigenvalue weighted by atomic mass is 19.1. The van der Waals surface area contributed by atoms with Crippen LogP contribution >= 0.6 is 0 Å². The third-order valence-electron chi connectivity index (χ3n) is 4.10. The second-order valence-electron chi connectivity index (χ2n) is 6.15. The number of hydrogen-bond donors (Lipinski definition) is 1. The first-order valence-electron chi connectivity index (χ1n) is 8.13. The van der Waals surface area contributed by atoms with Crippen molar-refractivity contribution in [3.8, 4) is 11.5 Å². The van der Waals surface area contributed by atoms with Crippen LogP contribution in [0.15, 0.2) is 42.5 Å². The lowest BCUT2D eigenvalue weighted by Gasteiger charge is -2.24. The predicted octanol–water partition coefficient (Wildman–Crippen LogP) is 2.52. The minimum Gasteiger partial charge on any atom is -0.454 e. The maximum atomic E-state index is 13.1. The highest BCUT2D eigenvalue weighted by Gasteiger charge is 2.22. The average Bonchev–Trinajstić information content (AvgIpc) is 3.04. The summed E-state index contributed by atoms with van der Waals surface area (Å²) in [5, 5.41) is 2.95. The molecule has 1 aliphatic heterocycles. The molecule has 1 unspecified atom stereocenters. The third-order valence-corrected chi connectivity index (χ3v) is 4.10. The summed E-state index contributed by atoms with van der Waals surface area (Å²) in [6, 6.07) is 11.3. The van der Waals surface area contributed by atoms with E-state index in [2.05, 4.69) is 5.32 Å². The number of rotatable bonds is 6. The Bertz CT molecular complexity index is 747. The van der Waals surface area contributed by atoms with Crippen LogP contribution in [-0.2, 0) is 11.2 Å². The largest absolute Gasteiger partial charge is 0.454 e. The number of fused-ring (bicyclic) bond motifs is 1. The van der Waals surface area contributed by atoms with E-state index in [4.69, 9.17) is 9.47 Å². The van der Waals surface area contributed by atoms with Crippen LogP contribution in [0.2, 0.25) is 0 Å². The molecule has 0 aromatic heterocycles. The van der Waals surface area contributed by atoms with Gasteiger partial charge >= 0.3 is 0 Å². The van der Waals surface area contributed by atoms with Gasteiger partial charge in [0.25, 0.3) is 0 Å². The molecule has 0 saturated heterocycles. The number of carbonyl (C=O) groups excluding carboxylic acids is 1. The Balaban J connectivity index is 1.59. The second kappa shape index (κ2) is 7.53. The van der Waals surface area contributed by atoms with Gasteiger partial charge in [0.15, 0.2) is 11.5 Å². The fourth-order valence-electron chi connectivity index (χ4n) is 2.85. The average molecular weight is 344 g/mol. The summed E-state index contributed by atoms with van der Waals surface area (Å²) in [6.07, 6.45) is 0.686. The Morgan fingerprint density at radius 3 is 2.60 bits per heavy atom. The quantitative estimate of drug-likeness (QED) is 0.875. The van der Waals surface area contributed by atoms with Crippen LogP contribution in [0.1, 0.15) is 17.2 Å². The minimum absolute atomic E-state index is 0.114. The van der Waals surface area contributed by atoms with Crippen molar-refractivity contribution < 1.29 is 18.7 Å². The van der Waals surface area contributed by atoms with Crippen LogP contribution in [-0.4, -0.2) is 38.2 Å². The number of benzene rings is 2. The summed E-state index contributed by atoms with van der Waals surface area (Å²) < 4.78 is 23.7. The van der Waals surface area contributed by atoms with Gasteiger partial charge < -0.3 is 14.8 Å². The van der Waals surface area contributed by atoms with Gasteiger partial charge in [-0.15, -0.1) is 0 Å². The monoisotopic (exact) mass is 344 g/mol. The van der Waals surface area contributed by atoms with E-state index in [1.807, 2.05) is 37.2 Å². The number of ether oxygens (including phenoxy) is 2. The molecule has 2 aromatic rings. The van der Waals surface area contributed by atoms with Crippen LogP contribution in [0, 0.1) is 5.82 Å². The molecule has 1 aliphatic rings. The van der Waals surface area contributed by atoms with Gasteiger partial charge in [-0.3, -0.25) is 9.69 Å². The van der Waals surface area contributed by atoms with Crippen molar-refractivity contribution in [2.45, 2.75) is 12.5 Å². The number of nitrogens with one attached hydrogen (secondary N) is 1. The van der Waals surface area contributed by atoms with Crippen molar-refractivity contribution in [1.82, 2.24) is 10.2 Å². The Morgan fingerprint density at radius 1 is 1.16 bits per heavy atom. The van der Waals surface area contributed by atoms with E-state index in [0.717, 1.165) is 22.6 Å². The van der Waals surface area contributed by atoms with E-state index in [1.54, 1.807) is 12.1 Å². The zero-order chi connectivity index (χ0) is 17.8. The van der Waals surface area contributed by atoms with E-state index in [1.165, 1.54) is 12.1 Å². The SMILES string of the molecule is CN(C)C(C(=O)NCCc1ccc2c(c1)OCO2)c1ccc(F)cc1. The lowest BCUT2D eigenvalue weighted by Crippen LogP contribution is -2.37. The maximum absolute atomic E-state index is 13.1. The van der Waals surface area contributed by atoms with Crippen molar-refractivity contribution in [3.05, 3.63) is 59.4 Å². The zero-order valence-corrected chi connectivity index (χ0v) is 14.3. The summed E-state index contributed by atoms with van der Waals surface area (Å²) in [5.41, 5.74) is 1.82. The molecule has 1 heterocycles. The molecule has 0 aliphatic carbocycles. The predicted molar refractivity (Wildman–Crippen MR) is 92.1 cm³/mol. The summed E-state index contributed by atoms with van der Waals surface area (Å²) in [7, 11) is 3.65. The van der Waals surface area contributed by atoms with Gasteiger partial charge in [-0.05, 0) is 55.9 Å². The number of amides is 1. The molecule has 1 amide bonds. The van der Waals surface area contributed by atoms with Crippen LogP contribution in [0.3, 0.4) is 0 Å². The number of carbonyl (C=O) groups is 1. The van der Waals surface area contributed by atoms with Crippen molar-refractivity contribution >= 4 is 5.91 Å². The van der Waals surface area contributed by atoms with E-state index < -0.39 is 6.04 Å². The lowest BCUT2D eigenvalue weighted by molar-refractivity contribution is -0.125. The van der Waals surface area contributed by atoms with Crippen molar-refractivity contribution in [3.63, 3.8) is 0 Å². The molecule has 1 N–H and O–H groups in total. The second-order valence-corrected chi connectivity index (χ2v) is 6.15. The third kappa shape index (κ3) is 4.09. The number of halogens is 1. The molecule has 0 fully saturated rings. The highest BCUT2D eigenvalue weighted by molar-refractivity contribution is 5.83. The lowest BCUT2D eigenvalue weighted by atomic mass is 10.0. The maximum Gasteiger partial charge on any atom is 0.241 e. The van der Waals surface area contributed by atoms with Crippen LogP contribution in [0.25, 0.3) is 0 Å². The Morgan fingerprint density at radius 2 is 1.88 bits per heavy atom. The van der Waals surface area contributed by atoms with E-state index in [-0.39, 0.29) is 18.5 Å². The molecule has 2 aromatic carbocycles. The first-order chi connectivity index (χ1) is 12.0. The molecular formula is C19H21FN2O3. The Hall–Kier alpha value is -2.60. The summed E-state index contributed by atoms with van der Waals surface area (Å²) in [5.74, 6) is 1.06. The van der Waals surface area contributed by atoms with Gasteiger partial charge in [0.2, 0.25) is 12.7 Å². The van der Waals surface area contributed by atoms with Gasteiger partial charge in [0.1, 0.15) is 11.9 Å². The Labute approximate surface area is 146 Å². The highest BCUT2D eigenvalue weighted by Crippen LogP contribution is 2.32. The fourth-order valence-corrected chi connectivity index (χ4v) is 2.85. The van der Waals surface area contributed by atoms with Gasteiger partial charge in [0.05, 0.1) is 0 Å². The molecule has 25 heavy (non-hydrogen) atoms. The van der Waals surface area contributed by atoms with E-state index >= 15 is 0 Å². The van der Waals surface area contributed by atoms with E-state index in [9.17, 15) is 9.18 Å². The zero-order valence-electron chi connectivity index (χ0n) is 14.3. The first-order valence-corrected chi connectivity index (χ1v) is 8.13. The summed E-state index contributed by atoms with van der Waals surface area (Å²) >= 11 is 0. The topological polar surface area (TPSA) is 50.8 Å². The Kier molecular flexibility index (Phi) is 5.19. The van der Waals surface area contributed by atoms with Gasteiger partial charge in [-0.2, -0.15) is 0 Å². The molecular weight excluding hydrogens is 323 g/mol. The first kappa shape index (κ1) is 17.2. The molecule has 5 nitrogen and oxygen atoms in total. The fraction of sp³-hybridized carbons (Fsp3) is 0.316. The standard InChI is InChI=1S/C19H21FN2O3/c1-22(2)18(14-4-6-15(20)7-5-14)19(23)21-10-9-13-3-8-16-17(11-13)25-12-24-16/h3-8,11,18H,9-10,12H2,1-2H3,(H,21,23). The molecule has 0 saturated carbocycles. The smallest absolute Gasteiger partial charge is 0.241 e. The molecule has 3 rings (SSSR count). The minimum atomic E-state index is -0.461. The number of likely N-dealkylation sites (N-methyl/N-ethyl adjacent to an activating group) is 1. The summed E-state index contributed by atoms with van der Waals surface area (Å²) in [6.45, 7) is 0.752. The van der Waals surface area contributed by atoms with Gasteiger partial charge in [-0.1, -0.05) is 18.2 Å².